The molecule has 1 saturated heterocycles. The average Bonchev–Trinajstić information content (AvgIpc) is 2.29. The molecule has 15 heavy (non-hydrogen) atoms. The molecule has 1 heterocycles. The maximum absolute atomic E-state index is 11.9. The Hall–Kier alpha value is -0.610. The van der Waals surface area contributed by atoms with Crippen LogP contribution in [0.25, 0.3) is 0 Å². The van der Waals surface area contributed by atoms with Crippen LogP contribution in [-0.2, 0) is 9.53 Å². The van der Waals surface area contributed by atoms with E-state index in [0.717, 1.165) is 32.5 Å². The van der Waals surface area contributed by atoms with Gasteiger partial charge in [-0.15, -0.1) is 0 Å². The van der Waals surface area contributed by atoms with Crippen molar-refractivity contribution >= 4 is 5.91 Å². The Labute approximate surface area is 92.0 Å². The summed E-state index contributed by atoms with van der Waals surface area (Å²) >= 11 is 0. The number of carbonyl (C=O) groups excluding carboxylic acids is 1. The Kier molecular flexibility index (Phi) is 5.65. The maximum Gasteiger partial charge on any atom is 0.225 e. The van der Waals surface area contributed by atoms with Gasteiger partial charge in [-0.3, -0.25) is 4.79 Å². The van der Waals surface area contributed by atoms with Crippen molar-refractivity contribution in [3.63, 3.8) is 0 Å². The number of ether oxygens (including phenoxy) is 1. The fourth-order valence-electron chi connectivity index (χ4n) is 2.09. The maximum atomic E-state index is 11.9. The van der Waals surface area contributed by atoms with Gasteiger partial charge in [0.2, 0.25) is 5.91 Å². The van der Waals surface area contributed by atoms with E-state index in [2.05, 4.69) is 5.32 Å². The van der Waals surface area contributed by atoms with E-state index in [-0.39, 0.29) is 5.91 Å². The van der Waals surface area contributed by atoms with Crippen LogP contribution in [0.1, 0.15) is 26.2 Å². The Balaban J connectivity index is 2.41. The molecule has 0 aliphatic carbocycles. The summed E-state index contributed by atoms with van der Waals surface area (Å²) in [6.07, 6.45) is 2.66. The summed E-state index contributed by atoms with van der Waals surface area (Å²) in [5, 5.41) is 3.31. The minimum atomic E-state index is 0.228. The summed E-state index contributed by atoms with van der Waals surface area (Å²) in [5.74, 6) is 0.228. The second-order valence-electron chi connectivity index (χ2n) is 3.90. The van der Waals surface area contributed by atoms with Gasteiger partial charge in [-0.2, -0.15) is 0 Å². The van der Waals surface area contributed by atoms with Crippen LogP contribution in [0.4, 0.5) is 0 Å². The fourth-order valence-corrected chi connectivity index (χ4v) is 2.09. The quantitative estimate of drug-likeness (QED) is 0.729. The second kappa shape index (κ2) is 6.80. The van der Waals surface area contributed by atoms with Crippen LogP contribution >= 0.6 is 0 Å². The van der Waals surface area contributed by atoms with Crippen molar-refractivity contribution in [3.05, 3.63) is 0 Å². The number of methoxy groups -OCH3 is 1. The van der Waals surface area contributed by atoms with E-state index < -0.39 is 0 Å². The molecule has 0 bridgehead atoms. The van der Waals surface area contributed by atoms with E-state index in [9.17, 15) is 4.79 Å². The molecule has 0 atom stereocenters. The molecule has 0 aromatic rings. The summed E-state index contributed by atoms with van der Waals surface area (Å²) in [7, 11) is 1.63. The highest BCUT2D eigenvalue weighted by Crippen LogP contribution is 2.12. The number of hydrogen-bond donors (Lipinski definition) is 1. The van der Waals surface area contributed by atoms with E-state index in [1.54, 1.807) is 7.11 Å². The minimum Gasteiger partial charge on any atom is -0.384 e. The topological polar surface area (TPSA) is 41.6 Å². The zero-order chi connectivity index (χ0) is 11.1. The van der Waals surface area contributed by atoms with Crippen molar-refractivity contribution < 1.29 is 9.53 Å². The molecule has 0 aromatic carbocycles. The molecule has 0 unspecified atom stereocenters. The summed E-state index contributed by atoms with van der Waals surface area (Å²) < 4.78 is 4.93. The molecule has 1 aliphatic rings. The molecule has 1 amide bonds. The zero-order valence-electron chi connectivity index (χ0n) is 9.79. The molecule has 1 N–H and O–H groups in total. The van der Waals surface area contributed by atoms with Crippen LogP contribution in [0.3, 0.4) is 0 Å². The van der Waals surface area contributed by atoms with Crippen molar-refractivity contribution in [1.82, 2.24) is 10.2 Å². The van der Waals surface area contributed by atoms with Crippen molar-refractivity contribution in [2.75, 3.05) is 33.4 Å². The van der Waals surface area contributed by atoms with Crippen LogP contribution in [0.2, 0.25) is 0 Å². The van der Waals surface area contributed by atoms with Crippen molar-refractivity contribution in [3.8, 4) is 0 Å². The molecule has 0 aromatic heterocycles. The molecule has 88 valence electrons. The summed E-state index contributed by atoms with van der Waals surface area (Å²) in [6, 6.07) is 0.431. The van der Waals surface area contributed by atoms with Gasteiger partial charge in [0, 0.05) is 19.7 Å². The number of hydrogen-bond acceptors (Lipinski definition) is 3. The van der Waals surface area contributed by atoms with Gasteiger partial charge in [0.05, 0.1) is 13.0 Å². The van der Waals surface area contributed by atoms with Gasteiger partial charge >= 0.3 is 0 Å². The lowest BCUT2D eigenvalue weighted by Crippen LogP contribution is -2.46. The summed E-state index contributed by atoms with van der Waals surface area (Å²) in [5.41, 5.74) is 0. The first-order valence-electron chi connectivity index (χ1n) is 5.78. The molecule has 4 heteroatoms. The first-order valence-corrected chi connectivity index (χ1v) is 5.78. The Morgan fingerprint density at radius 3 is 2.67 bits per heavy atom. The first kappa shape index (κ1) is 12.5. The number of piperidine rings is 1. The first-order chi connectivity index (χ1) is 7.29. The molecule has 1 fully saturated rings. The molecule has 0 spiro atoms. The van der Waals surface area contributed by atoms with E-state index in [1.165, 1.54) is 0 Å². The monoisotopic (exact) mass is 214 g/mol. The highest BCUT2D eigenvalue weighted by molar-refractivity contribution is 5.76. The lowest BCUT2D eigenvalue weighted by atomic mass is 10.0. The second-order valence-corrected chi connectivity index (χ2v) is 3.90. The minimum absolute atomic E-state index is 0.228. The van der Waals surface area contributed by atoms with Gasteiger partial charge in [0.1, 0.15) is 0 Å². The van der Waals surface area contributed by atoms with E-state index in [1.807, 2.05) is 11.8 Å². The normalized spacial score (nSPS) is 17.7. The lowest BCUT2D eigenvalue weighted by molar-refractivity contribution is -0.134. The Morgan fingerprint density at radius 1 is 1.47 bits per heavy atom. The van der Waals surface area contributed by atoms with E-state index >= 15 is 0 Å². The fraction of sp³-hybridized carbons (Fsp3) is 0.909. The predicted molar refractivity (Wildman–Crippen MR) is 59.8 cm³/mol. The van der Waals surface area contributed by atoms with Crippen LogP contribution in [0.15, 0.2) is 0 Å². The van der Waals surface area contributed by atoms with E-state index in [0.29, 0.717) is 19.1 Å². The molecular formula is C11H22N2O2. The van der Waals surface area contributed by atoms with Crippen LogP contribution in [-0.4, -0.2) is 50.2 Å². The average molecular weight is 214 g/mol. The van der Waals surface area contributed by atoms with Crippen LogP contribution < -0.4 is 5.32 Å². The van der Waals surface area contributed by atoms with Crippen molar-refractivity contribution in [1.29, 1.82) is 0 Å². The van der Waals surface area contributed by atoms with Gasteiger partial charge < -0.3 is 15.0 Å². The lowest BCUT2D eigenvalue weighted by Gasteiger charge is -2.34. The highest BCUT2D eigenvalue weighted by atomic mass is 16.5. The van der Waals surface area contributed by atoms with Gasteiger partial charge in [-0.05, 0) is 32.9 Å². The Bertz CT molecular complexity index is 191. The highest BCUT2D eigenvalue weighted by Gasteiger charge is 2.23. The Morgan fingerprint density at radius 2 is 2.13 bits per heavy atom. The summed E-state index contributed by atoms with van der Waals surface area (Å²) in [6.45, 7) is 5.44. The molecule has 0 radical (unpaired) electrons. The molecule has 0 saturated carbocycles. The van der Waals surface area contributed by atoms with Crippen LogP contribution in [0, 0.1) is 0 Å². The smallest absolute Gasteiger partial charge is 0.225 e. The third-order valence-corrected chi connectivity index (χ3v) is 2.93. The van der Waals surface area contributed by atoms with Gasteiger partial charge in [0.25, 0.3) is 0 Å². The van der Waals surface area contributed by atoms with Gasteiger partial charge in [-0.25, -0.2) is 0 Å². The number of nitrogens with one attached hydrogen (secondary N) is 1. The van der Waals surface area contributed by atoms with E-state index in [4.69, 9.17) is 4.74 Å². The molecule has 1 rings (SSSR count). The van der Waals surface area contributed by atoms with Crippen LogP contribution in [0.5, 0.6) is 0 Å². The predicted octanol–water partition coefficient (Wildman–Crippen LogP) is 0.623. The molecular weight excluding hydrogens is 192 g/mol. The largest absolute Gasteiger partial charge is 0.384 e. The van der Waals surface area contributed by atoms with Gasteiger partial charge in [-0.1, -0.05) is 0 Å². The molecule has 1 aliphatic heterocycles. The number of nitrogens with zero attached hydrogens (tertiary/aromatic N) is 1. The van der Waals surface area contributed by atoms with Crippen molar-refractivity contribution in [2.24, 2.45) is 0 Å². The summed E-state index contributed by atoms with van der Waals surface area (Å²) in [4.78, 5) is 13.9. The third-order valence-electron chi connectivity index (χ3n) is 2.93. The number of rotatable bonds is 5. The van der Waals surface area contributed by atoms with Crippen molar-refractivity contribution in [2.45, 2.75) is 32.2 Å². The standard InChI is InChI=1S/C11H22N2O2/c1-3-13(11(14)6-9-15-2)10-4-7-12-8-5-10/h10,12H,3-9H2,1-2H3. The molecule has 4 nitrogen and oxygen atoms in total. The number of carbonyl (C=O) groups is 1. The zero-order valence-corrected chi connectivity index (χ0v) is 9.79. The number of amides is 1. The SMILES string of the molecule is CCN(C(=O)CCOC)C1CCNCC1. The third kappa shape index (κ3) is 3.80. The van der Waals surface area contributed by atoms with Gasteiger partial charge in [0.15, 0.2) is 0 Å².